The number of aromatic hydroxyl groups is 1. The molecule has 3 saturated heterocycles. The predicted molar refractivity (Wildman–Crippen MR) is 180 cm³/mol. The lowest BCUT2D eigenvalue weighted by Gasteiger charge is -2.42. The summed E-state index contributed by atoms with van der Waals surface area (Å²) in [4.78, 5) is 35.5. The molecule has 0 radical (unpaired) electrons. The molecule has 3 N–H and O–H groups in total. The molecule has 0 aliphatic carbocycles. The van der Waals surface area contributed by atoms with Crippen LogP contribution >= 0.6 is 31.9 Å². The number of amides is 4. The molecule has 4 aliphatic heterocycles. The molecule has 4 amide bonds. The fraction of sp³-hybridized carbons (Fsp3) is 0.576. The molecule has 11 heteroatoms. The largest absolute Gasteiger partial charge is 0.506 e. The number of nitrogens with zero attached hydrogens (tertiary/aromatic N) is 4. The number of rotatable bonds is 7. The Bertz CT molecular complexity index is 1300. The average molecular weight is 733 g/mol. The standard InChI is InChI=1S/C33H44Br2N6O3/c34-28-19-23(20-29(35)31(28)42)18-25(22-38-14-8-26(9-15-38)39-12-4-1-5-13-39)36-32(43)40-16-10-27(11-17-40)41-21-24-6-2-3-7-30(24)37-33(41)44/h2-3,6-7,19-20,25-27,42H,1,4-5,8-18,21-22H2,(H,36,43)(H,37,44)/t25-/m1/s1. The van der Waals surface area contributed by atoms with Crippen molar-refractivity contribution in [3.05, 3.63) is 56.5 Å². The number of fused-ring (bicyclic) bond motifs is 1. The lowest BCUT2D eigenvalue weighted by molar-refractivity contribution is 0.0872. The van der Waals surface area contributed by atoms with Crippen molar-refractivity contribution >= 4 is 49.6 Å². The number of likely N-dealkylation sites (tertiary alicyclic amines) is 3. The highest BCUT2D eigenvalue weighted by molar-refractivity contribution is 9.11. The minimum absolute atomic E-state index is 0.0398. The first-order valence-corrected chi connectivity index (χ1v) is 17.8. The second-order valence-electron chi connectivity index (χ2n) is 12.8. The Kier molecular flexibility index (Phi) is 10.3. The maximum Gasteiger partial charge on any atom is 0.322 e. The number of anilines is 1. The normalized spacial score (nSPS) is 21.5. The molecule has 4 aliphatic rings. The second-order valence-corrected chi connectivity index (χ2v) is 14.5. The van der Waals surface area contributed by atoms with Gasteiger partial charge in [-0.25, -0.2) is 9.59 Å². The van der Waals surface area contributed by atoms with Crippen molar-refractivity contribution in [3.8, 4) is 5.75 Å². The Morgan fingerprint density at radius 1 is 0.932 bits per heavy atom. The van der Waals surface area contributed by atoms with E-state index >= 15 is 0 Å². The third-order valence-corrected chi connectivity index (χ3v) is 11.1. The first-order chi connectivity index (χ1) is 21.3. The molecule has 2 aromatic rings. The van der Waals surface area contributed by atoms with Crippen molar-refractivity contribution in [1.29, 1.82) is 0 Å². The summed E-state index contributed by atoms with van der Waals surface area (Å²) in [5.74, 6) is 0.183. The maximum atomic E-state index is 13.6. The van der Waals surface area contributed by atoms with Gasteiger partial charge in [0.1, 0.15) is 5.75 Å². The molecular weight excluding hydrogens is 688 g/mol. The van der Waals surface area contributed by atoms with Crippen molar-refractivity contribution in [1.82, 2.24) is 24.9 Å². The number of para-hydroxylation sites is 1. The SMILES string of the molecule is O=C(N[C@H](Cc1cc(Br)c(O)c(Br)c1)CN1CCC(N2CCCCC2)CC1)N1CCC(N2Cc3ccccc3NC2=O)CC1. The number of hydrogen-bond donors (Lipinski definition) is 3. The number of halogens is 2. The Labute approximate surface area is 277 Å². The lowest BCUT2D eigenvalue weighted by Crippen LogP contribution is -2.55. The molecular formula is C33H44Br2N6O3. The third kappa shape index (κ3) is 7.54. The molecule has 0 saturated carbocycles. The highest BCUT2D eigenvalue weighted by Crippen LogP contribution is 2.34. The number of phenolic OH excluding ortho intramolecular Hbond substituents is 1. The van der Waals surface area contributed by atoms with Gasteiger partial charge in [-0.05, 0) is 132 Å². The zero-order valence-corrected chi connectivity index (χ0v) is 28.5. The van der Waals surface area contributed by atoms with Gasteiger partial charge >= 0.3 is 12.1 Å². The van der Waals surface area contributed by atoms with Gasteiger partial charge in [0.25, 0.3) is 0 Å². The molecule has 44 heavy (non-hydrogen) atoms. The molecule has 3 fully saturated rings. The van der Waals surface area contributed by atoms with Crippen molar-refractivity contribution in [2.75, 3.05) is 51.1 Å². The monoisotopic (exact) mass is 730 g/mol. The van der Waals surface area contributed by atoms with Crippen molar-refractivity contribution in [3.63, 3.8) is 0 Å². The van der Waals surface area contributed by atoms with E-state index in [2.05, 4.69) is 58.4 Å². The number of phenols is 1. The van der Waals surface area contributed by atoms with E-state index < -0.39 is 0 Å². The van der Waals surface area contributed by atoms with E-state index in [4.69, 9.17) is 0 Å². The molecule has 0 spiro atoms. The summed E-state index contributed by atoms with van der Waals surface area (Å²) >= 11 is 6.94. The smallest absolute Gasteiger partial charge is 0.322 e. The summed E-state index contributed by atoms with van der Waals surface area (Å²) < 4.78 is 1.28. The van der Waals surface area contributed by atoms with Crippen LogP contribution < -0.4 is 10.6 Å². The van der Waals surface area contributed by atoms with E-state index in [0.717, 1.165) is 49.3 Å². The summed E-state index contributed by atoms with van der Waals surface area (Å²) in [6.07, 6.45) is 8.55. The van der Waals surface area contributed by atoms with Crippen LogP contribution in [0.5, 0.6) is 5.75 Å². The van der Waals surface area contributed by atoms with Crippen LogP contribution in [0.2, 0.25) is 0 Å². The van der Waals surface area contributed by atoms with Gasteiger partial charge < -0.3 is 35.3 Å². The number of piperidine rings is 3. The fourth-order valence-electron chi connectivity index (χ4n) is 7.41. The van der Waals surface area contributed by atoms with Crippen LogP contribution in [0.1, 0.15) is 56.1 Å². The van der Waals surface area contributed by atoms with Crippen LogP contribution in [0.15, 0.2) is 45.3 Å². The zero-order chi connectivity index (χ0) is 30.6. The lowest BCUT2D eigenvalue weighted by atomic mass is 9.98. The van der Waals surface area contributed by atoms with E-state index in [1.807, 2.05) is 40.1 Å². The average Bonchev–Trinajstić information content (AvgIpc) is 3.04. The number of urea groups is 2. The fourth-order valence-corrected chi connectivity index (χ4v) is 8.69. The number of nitrogens with one attached hydrogen (secondary N) is 2. The van der Waals surface area contributed by atoms with E-state index in [0.29, 0.717) is 41.0 Å². The second kappa shape index (κ2) is 14.4. The number of benzene rings is 2. The van der Waals surface area contributed by atoms with Crippen LogP contribution in [-0.2, 0) is 13.0 Å². The van der Waals surface area contributed by atoms with E-state index in [1.54, 1.807) is 0 Å². The van der Waals surface area contributed by atoms with Gasteiger partial charge in [-0.3, -0.25) is 0 Å². The molecule has 0 unspecified atom stereocenters. The Morgan fingerprint density at radius 3 is 2.30 bits per heavy atom. The first-order valence-electron chi connectivity index (χ1n) is 16.2. The topological polar surface area (TPSA) is 91.4 Å². The minimum atomic E-state index is -0.0699. The molecule has 1 atom stereocenters. The van der Waals surface area contributed by atoms with Crippen LogP contribution in [0.25, 0.3) is 0 Å². The Balaban J connectivity index is 1.06. The highest BCUT2D eigenvalue weighted by atomic mass is 79.9. The maximum absolute atomic E-state index is 13.6. The number of carbonyl (C=O) groups is 2. The number of carbonyl (C=O) groups excluding carboxylic acids is 2. The molecule has 238 valence electrons. The molecule has 4 heterocycles. The summed E-state index contributed by atoms with van der Waals surface area (Å²) in [5, 5.41) is 16.6. The van der Waals surface area contributed by atoms with Gasteiger partial charge in [0.05, 0.1) is 8.95 Å². The zero-order valence-electron chi connectivity index (χ0n) is 25.3. The van der Waals surface area contributed by atoms with Gasteiger partial charge in [-0.2, -0.15) is 0 Å². The van der Waals surface area contributed by atoms with E-state index in [9.17, 15) is 14.7 Å². The van der Waals surface area contributed by atoms with Crippen molar-refractivity contribution < 1.29 is 14.7 Å². The van der Waals surface area contributed by atoms with Crippen LogP contribution in [-0.4, -0.2) is 101 Å². The van der Waals surface area contributed by atoms with Crippen LogP contribution in [0.3, 0.4) is 0 Å². The molecule has 0 aromatic heterocycles. The summed E-state index contributed by atoms with van der Waals surface area (Å²) in [6, 6.07) is 12.5. The van der Waals surface area contributed by atoms with Gasteiger partial charge in [0, 0.05) is 50.0 Å². The van der Waals surface area contributed by atoms with E-state index in [-0.39, 0.29) is 29.9 Å². The molecule has 6 rings (SSSR count). The van der Waals surface area contributed by atoms with Gasteiger partial charge in [0.15, 0.2) is 0 Å². The predicted octanol–water partition coefficient (Wildman–Crippen LogP) is 6.00. The third-order valence-electron chi connectivity index (χ3n) is 9.88. The number of hydrogen-bond acceptors (Lipinski definition) is 5. The minimum Gasteiger partial charge on any atom is -0.506 e. The van der Waals surface area contributed by atoms with Crippen molar-refractivity contribution in [2.45, 2.75) is 76.0 Å². The Morgan fingerprint density at radius 2 is 1.59 bits per heavy atom. The quantitative estimate of drug-likeness (QED) is 0.325. The van der Waals surface area contributed by atoms with Crippen LogP contribution in [0.4, 0.5) is 15.3 Å². The summed E-state index contributed by atoms with van der Waals surface area (Å²) in [6.45, 7) is 7.19. The molecule has 2 aromatic carbocycles. The first kappa shape index (κ1) is 31.6. The summed E-state index contributed by atoms with van der Waals surface area (Å²) in [5.41, 5.74) is 3.06. The van der Waals surface area contributed by atoms with Gasteiger partial charge in [-0.15, -0.1) is 0 Å². The van der Waals surface area contributed by atoms with Gasteiger partial charge in [-0.1, -0.05) is 24.6 Å². The van der Waals surface area contributed by atoms with Crippen LogP contribution in [0, 0.1) is 0 Å². The molecule has 9 nitrogen and oxygen atoms in total. The van der Waals surface area contributed by atoms with Gasteiger partial charge in [0.2, 0.25) is 0 Å². The van der Waals surface area contributed by atoms with Crippen molar-refractivity contribution in [2.24, 2.45) is 0 Å². The highest BCUT2D eigenvalue weighted by Gasteiger charge is 2.33. The Hall–Kier alpha value is -2.34. The molecule has 0 bridgehead atoms. The van der Waals surface area contributed by atoms with E-state index in [1.165, 1.54) is 45.2 Å². The summed E-state index contributed by atoms with van der Waals surface area (Å²) in [7, 11) is 0.